The maximum absolute atomic E-state index is 2.55. The second-order valence-electron chi connectivity index (χ2n) is 13.4. The van der Waals surface area contributed by atoms with Gasteiger partial charge >= 0.3 is 0 Å². The average Bonchev–Trinajstić information content (AvgIpc) is 2.91. The van der Waals surface area contributed by atoms with E-state index in [9.17, 15) is 0 Å². The molecule has 1 atom stereocenters. The van der Waals surface area contributed by atoms with Crippen molar-refractivity contribution >= 4 is 0 Å². The van der Waals surface area contributed by atoms with Crippen LogP contribution in [0.3, 0.4) is 0 Å². The van der Waals surface area contributed by atoms with Crippen LogP contribution in [0.15, 0.2) is 0 Å². The zero-order valence-corrected chi connectivity index (χ0v) is 28.0. The Bertz CT molecular complexity index is 420. The Balaban J connectivity index is 3.95. The fourth-order valence-corrected chi connectivity index (χ4v) is 6.19. The number of nitrogens with zero attached hydrogens (tertiary/aromatic N) is 1. The highest BCUT2D eigenvalue weighted by atomic mass is 15.1. The maximum atomic E-state index is 2.55. The third kappa shape index (κ3) is 26.2. The van der Waals surface area contributed by atoms with Gasteiger partial charge in [0.15, 0.2) is 0 Å². The molecule has 0 heterocycles. The monoisotopic (exact) mass is 536 g/mol. The van der Waals surface area contributed by atoms with Crippen LogP contribution < -0.4 is 0 Å². The van der Waals surface area contributed by atoms with E-state index in [-0.39, 0.29) is 0 Å². The molecule has 0 aliphatic rings. The minimum absolute atomic E-state index is 0.683. The average molecular weight is 536 g/mol. The van der Waals surface area contributed by atoms with Crippen LogP contribution in [0, 0.1) is 11.8 Å². The van der Waals surface area contributed by atoms with Crippen molar-refractivity contribution in [3.05, 3.63) is 0 Å². The smallest absolute Gasteiger partial charge is 0.00355 e. The van der Waals surface area contributed by atoms with Gasteiger partial charge in [0, 0.05) is 6.04 Å². The largest absolute Gasteiger partial charge is 0.304 e. The minimum Gasteiger partial charge on any atom is -0.304 e. The molecule has 230 valence electrons. The topological polar surface area (TPSA) is 3.24 Å². The normalized spacial score (nSPS) is 12.9. The highest BCUT2D eigenvalue weighted by Crippen LogP contribution is 2.25. The van der Waals surface area contributed by atoms with E-state index in [1.165, 1.54) is 180 Å². The third-order valence-electron chi connectivity index (χ3n) is 9.39. The molecule has 0 spiro atoms. The fourth-order valence-electron chi connectivity index (χ4n) is 6.19. The van der Waals surface area contributed by atoms with E-state index >= 15 is 0 Å². The summed E-state index contributed by atoms with van der Waals surface area (Å²) in [5, 5.41) is 0. The fraction of sp³-hybridized carbons (Fsp3) is 1.00. The van der Waals surface area contributed by atoms with Gasteiger partial charge in [-0.25, -0.2) is 0 Å². The lowest BCUT2D eigenvalue weighted by Gasteiger charge is -2.24. The summed E-state index contributed by atoms with van der Waals surface area (Å²) >= 11 is 0. The summed E-state index contributed by atoms with van der Waals surface area (Å²) in [6.07, 6.45) is 39.5. The third-order valence-corrected chi connectivity index (χ3v) is 9.39. The summed E-state index contributed by atoms with van der Waals surface area (Å²) in [5.74, 6) is 2.00. The molecule has 0 saturated heterocycles. The van der Waals surface area contributed by atoms with Crippen molar-refractivity contribution in [1.29, 1.82) is 0 Å². The van der Waals surface area contributed by atoms with Crippen molar-refractivity contribution < 1.29 is 0 Å². The summed E-state index contributed by atoms with van der Waals surface area (Å²) in [7, 11) is 2.31. The van der Waals surface area contributed by atoms with E-state index in [4.69, 9.17) is 0 Å². The van der Waals surface area contributed by atoms with Gasteiger partial charge in [-0.1, -0.05) is 188 Å². The molecule has 1 unspecified atom stereocenters. The molecule has 0 aromatic carbocycles. The number of hydrogen-bond donors (Lipinski definition) is 0. The molecule has 0 aromatic heterocycles. The van der Waals surface area contributed by atoms with Crippen LogP contribution >= 0.6 is 0 Å². The van der Waals surface area contributed by atoms with Gasteiger partial charge in [0.25, 0.3) is 0 Å². The molecule has 0 aromatic rings. The maximum Gasteiger partial charge on any atom is 0.00355 e. The van der Waals surface area contributed by atoms with Crippen LogP contribution in [0.25, 0.3) is 0 Å². The number of unbranched alkanes of at least 4 members (excludes halogenated alkanes) is 17. The molecule has 0 amide bonds. The minimum atomic E-state index is 0.683. The van der Waals surface area contributed by atoms with Crippen molar-refractivity contribution in [2.45, 2.75) is 214 Å². The molecule has 0 N–H and O–H groups in total. The first-order valence-electron chi connectivity index (χ1n) is 18.2. The summed E-state index contributed by atoms with van der Waals surface area (Å²) in [6, 6.07) is 0.683. The van der Waals surface area contributed by atoms with E-state index in [2.05, 4.69) is 46.6 Å². The molecular formula is C37H77N. The van der Waals surface area contributed by atoms with Crippen LogP contribution in [0.1, 0.15) is 208 Å². The van der Waals surface area contributed by atoms with Crippen LogP contribution in [0.5, 0.6) is 0 Å². The summed E-state index contributed by atoms with van der Waals surface area (Å²) in [5.41, 5.74) is 0. The summed E-state index contributed by atoms with van der Waals surface area (Å²) in [4.78, 5) is 2.55. The first kappa shape index (κ1) is 38.0. The first-order valence-corrected chi connectivity index (χ1v) is 18.2. The van der Waals surface area contributed by atoms with E-state index < -0.39 is 0 Å². The first-order chi connectivity index (χ1) is 18.5. The van der Waals surface area contributed by atoms with Crippen molar-refractivity contribution in [3.63, 3.8) is 0 Å². The molecule has 0 aliphatic heterocycles. The van der Waals surface area contributed by atoms with Gasteiger partial charge in [-0.2, -0.15) is 0 Å². The van der Waals surface area contributed by atoms with Gasteiger partial charge < -0.3 is 4.90 Å². The predicted octanol–water partition coefficient (Wildman–Crippen LogP) is 13.2. The Labute approximate surface area is 244 Å². The molecule has 0 rings (SSSR count). The molecule has 38 heavy (non-hydrogen) atoms. The van der Waals surface area contributed by atoms with Gasteiger partial charge in [0.1, 0.15) is 0 Å². The number of rotatable bonds is 31. The standard InChI is InChI=1S/C37H77N/c1-7-10-13-14-17-20-26-31-37(33-34-38(6)35(4)5)32-27-22-19-16-15-18-21-25-30-36(28-23-11-8-2)29-24-12-9-3/h35-37H,7-34H2,1-6H3. The Kier molecular flexibility index (Phi) is 29.9. The molecule has 0 radical (unpaired) electrons. The van der Waals surface area contributed by atoms with Crippen molar-refractivity contribution in [3.8, 4) is 0 Å². The lowest BCUT2D eigenvalue weighted by molar-refractivity contribution is 0.239. The van der Waals surface area contributed by atoms with E-state index in [1.807, 2.05) is 0 Å². The molecule has 0 bridgehead atoms. The molecular weight excluding hydrogens is 458 g/mol. The van der Waals surface area contributed by atoms with Crippen LogP contribution in [-0.2, 0) is 0 Å². The highest BCUT2D eigenvalue weighted by Gasteiger charge is 2.12. The van der Waals surface area contributed by atoms with Gasteiger partial charge in [0.2, 0.25) is 0 Å². The highest BCUT2D eigenvalue weighted by molar-refractivity contribution is 4.66. The molecule has 0 fully saturated rings. The molecule has 0 aliphatic carbocycles. The second kappa shape index (κ2) is 29.9. The lowest BCUT2D eigenvalue weighted by atomic mass is 9.90. The zero-order chi connectivity index (χ0) is 28.1. The van der Waals surface area contributed by atoms with E-state index in [0.717, 1.165) is 11.8 Å². The SMILES string of the molecule is CCCCCCCCCC(CCCCCCCCCCC(CCCCC)CCCCC)CCN(C)C(C)C. The predicted molar refractivity (Wildman–Crippen MR) is 176 cm³/mol. The molecule has 1 heteroatoms. The van der Waals surface area contributed by atoms with Crippen molar-refractivity contribution in [2.75, 3.05) is 13.6 Å². The number of hydrogen-bond acceptors (Lipinski definition) is 1. The van der Waals surface area contributed by atoms with Crippen LogP contribution in [0.4, 0.5) is 0 Å². The summed E-state index contributed by atoms with van der Waals surface area (Å²) in [6.45, 7) is 13.0. The van der Waals surface area contributed by atoms with Crippen LogP contribution in [-0.4, -0.2) is 24.5 Å². The second-order valence-corrected chi connectivity index (χ2v) is 13.4. The summed E-state index contributed by atoms with van der Waals surface area (Å²) < 4.78 is 0. The lowest BCUT2D eigenvalue weighted by Crippen LogP contribution is -2.28. The Hall–Kier alpha value is -0.0400. The molecule has 0 saturated carbocycles. The van der Waals surface area contributed by atoms with Crippen LogP contribution in [0.2, 0.25) is 0 Å². The van der Waals surface area contributed by atoms with Crippen molar-refractivity contribution in [2.24, 2.45) is 11.8 Å². The Morgan fingerprint density at radius 2 is 0.632 bits per heavy atom. The Morgan fingerprint density at radius 3 is 0.974 bits per heavy atom. The molecule has 1 nitrogen and oxygen atoms in total. The van der Waals surface area contributed by atoms with E-state index in [0.29, 0.717) is 6.04 Å². The quantitative estimate of drug-likeness (QED) is 0.0798. The zero-order valence-electron chi connectivity index (χ0n) is 28.0. The van der Waals surface area contributed by atoms with Gasteiger partial charge in [-0.3, -0.25) is 0 Å². The Morgan fingerprint density at radius 1 is 0.368 bits per heavy atom. The van der Waals surface area contributed by atoms with Gasteiger partial charge in [-0.05, 0) is 45.7 Å². The van der Waals surface area contributed by atoms with E-state index in [1.54, 1.807) is 0 Å². The van der Waals surface area contributed by atoms with Gasteiger partial charge in [0.05, 0.1) is 0 Å². The van der Waals surface area contributed by atoms with Gasteiger partial charge in [-0.15, -0.1) is 0 Å². The van der Waals surface area contributed by atoms with Crippen molar-refractivity contribution in [1.82, 2.24) is 4.90 Å².